The van der Waals surface area contributed by atoms with Crippen molar-refractivity contribution in [1.82, 2.24) is 4.98 Å². The number of aliphatic hydroxyl groups is 1. The average Bonchev–Trinajstić information content (AvgIpc) is 2.85. The van der Waals surface area contributed by atoms with Crippen molar-refractivity contribution in [2.45, 2.75) is 37.7 Å². The summed E-state index contributed by atoms with van der Waals surface area (Å²) in [5.41, 5.74) is 6.90. The Hall–Kier alpha value is -0.930. The van der Waals surface area contributed by atoms with Gasteiger partial charge in [-0.05, 0) is 36.5 Å². The maximum absolute atomic E-state index is 10.4. The first kappa shape index (κ1) is 11.6. The van der Waals surface area contributed by atoms with Gasteiger partial charge in [0.1, 0.15) is 0 Å². The second-order valence-corrected chi connectivity index (χ2v) is 4.66. The van der Waals surface area contributed by atoms with E-state index in [1.807, 2.05) is 12.1 Å². The Morgan fingerprint density at radius 2 is 1.94 bits per heavy atom. The molecule has 0 aliphatic heterocycles. The zero-order valence-electron chi connectivity index (χ0n) is 9.55. The molecule has 2 unspecified atom stereocenters. The molecule has 0 amide bonds. The lowest BCUT2D eigenvalue weighted by atomic mass is 9.85. The van der Waals surface area contributed by atoms with Crippen LogP contribution < -0.4 is 5.73 Å². The first-order valence-electron chi connectivity index (χ1n) is 6.11. The normalized spacial score (nSPS) is 20.9. The summed E-state index contributed by atoms with van der Waals surface area (Å²) in [6.07, 6.45) is 8.00. The molecule has 88 valence electrons. The highest BCUT2D eigenvalue weighted by atomic mass is 16.3. The first-order valence-corrected chi connectivity index (χ1v) is 6.11. The lowest BCUT2D eigenvalue weighted by Gasteiger charge is -2.26. The summed E-state index contributed by atoms with van der Waals surface area (Å²) in [5.74, 6) is 0.493. The monoisotopic (exact) mass is 220 g/mol. The molecule has 1 fully saturated rings. The van der Waals surface area contributed by atoms with E-state index in [2.05, 4.69) is 4.98 Å². The number of nitrogens with two attached hydrogens (primary N) is 1. The number of nitrogens with zero attached hydrogens (tertiary/aromatic N) is 1. The van der Waals surface area contributed by atoms with E-state index in [4.69, 9.17) is 5.73 Å². The molecular formula is C13H20N2O. The van der Waals surface area contributed by atoms with Crippen LogP contribution >= 0.6 is 0 Å². The number of pyridine rings is 1. The van der Waals surface area contributed by atoms with Crippen LogP contribution in [0.4, 0.5) is 0 Å². The van der Waals surface area contributed by atoms with Crippen LogP contribution in [0, 0.1) is 5.92 Å². The van der Waals surface area contributed by atoms with Crippen LogP contribution in [-0.2, 0) is 0 Å². The molecule has 0 radical (unpaired) electrons. The standard InChI is InChI=1S/C13H20N2O/c14-9-12(10-5-7-15-8-6-10)13(16)11-3-1-2-4-11/h5-8,11-13,16H,1-4,9,14H2. The molecule has 2 atom stereocenters. The Morgan fingerprint density at radius 3 is 2.50 bits per heavy atom. The molecule has 2 rings (SSSR count). The topological polar surface area (TPSA) is 59.1 Å². The van der Waals surface area contributed by atoms with Crippen molar-refractivity contribution in [3.05, 3.63) is 30.1 Å². The molecule has 0 spiro atoms. The molecular weight excluding hydrogens is 200 g/mol. The van der Waals surface area contributed by atoms with Gasteiger partial charge in [-0.3, -0.25) is 4.98 Å². The summed E-state index contributed by atoms with van der Waals surface area (Å²) in [5, 5.41) is 10.4. The van der Waals surface area contributed by atoms with E-state index in [1.54, 1.807) is 12.4 Å². The fourth-order valence-electron chi connectivity index (χ4n) is 2.71. The molecule has 1 aliphatic rings. The number of aromatic nitrogens is 1. The molecule has 1 aliphatic carbocycles. The van der Waals surface area contributed by atoms with E-state index >= 15 is 0 Å². The van der Waals surface area contributed by atoms with Crippen molar-refractivity contribution in [3.63, 3.8) is 0 Å². The molecule has 0 bridgehead atoms. The minimum Gasteiger partial charge on any atom is -0.392 e. The molecule has 1 aromatic heterocycles. The predicted molar refractivity (Wildman–Crippen MR) is 64.0 cm³/mol. The van der Waals surface area contributed by atoms with Gasteiger partial charge < -0.3 is 10.8 Å². The maximum Gasteiger partial charge on any atom is 0.0649 e. The second kappa shape index (κ2) is 5.41. The van der Waals surface area contributed by atoms with Crippen molar-refractivity contribution in [2.75, 3.05) is 6.54 Å². The van der Waals surface area contributed by atoms with Crippen molar-refractivity contribution >= 4 is 0 Å². The van der Waals surface area contributed by atoms with Gasteiger partial charge in [-0.1, -0.05) is 12.8 Å². The third-order valence-corrected chi connectivity index (χ3v) is 3.68. The minimum absolute atomic E-state index is 0.0612. The highest BCUT2D eigenvalue weighted by molar-refractivity contribution is 5.18. The summed E-state index contributed by atoms with van der Waals surface area (Å²) in [6.45, 7) is 0.502. The summed E-state index contributed by atoms with van der Waals surface area (Å²) in [4.78, 5) is 4.00. The Morgan fingerprint density at radius 1 is 1.31 bits per heavy atom. The van der Waals surface area contributed by atoms with Gasteiger partial charge in [0.15, 0.2) is 0 Å². The van der Waals surface area contributed by atoms with Crippen LogP contribution in [0.2, 0.25) is 0 Å². The SMILES string of the molecule is NCC(c1ccncc1)C(O)C1CCCC1. The van der Waals surface area contributed by atoms with Crippen molar-refractivity contribution < 1.29 is 5.11 Å². The summed E-state index contributed by atoms with van der Waals surface area (Å²) in [7, 11) is 0. The molecule has 3 heteroatoms. The van der Waals surface area contributed by atoms with Crippen LogP contribution in [0.15, 0.2) is 24.5 Å². The van der Waals surface area contributed by atoms with E-state index < -0.39 is 0 Å². The smallest absolute Gasteiger partial charge is 0.0649 e. The number of hydrogen-bond donors (Lipinski definition) is 2. The van der Waals surface area contributed by atoms with Gasteiger partial charge in [0.2, 0.25) is 0 Å². The Labute approximate surface area is 96.7 Å². The van der Waals surface area contributed by atoms with Gasteiger partial charge in [-0.25, -0.2) is 0 Å². The Bertz CT molecular complexity index is 309. The van der Waals surface area contributed by atoms with Crippen LogP contribution in [0.5, 0.6) is 0 Å². The Kier molecular flexibility index (Phi) is 3.91. The van der Waals surface area contributed by atoms with Crippen molar-refractivity contribution in [1.29, 1.82) is 0 Å². The lowest BCUT2D eigenvalue weighted by molar-refractivity contribution is 0.0851. The molecule has 3 N–H and O–H groups in total. The second-order valence-electron chi connectivity index (χ2n) is 4.66. The van der Waals surface area contributed by atoms with E-state index in [0.29, 0.717) is 12.5 Å². The molecule has 16 heavy (non-hydrogen) atoms. The first-order chi connectivity index (χ1) is 7.83. The van der Waals surface area contributed by atoms with Crippen LogP contribution in [0.3, 0.4) is 0 Å². The fraction of sp³-hybridized carbons (Fsp3) is 0.615. The highest BCUT2D eigenvalue weighted by Gasteiger charge is 2.29. The lowest BCUT2D eigenvalue weighted by Crippen LogP contribution is -2.31. The molecule has 0 aromatic carbocycles. The molecule has 0 saturated heterocycles. The van der Waals surface area contributed by atoms with E-state index in [9.17, 15) is 5.11 Å². The van der Waals surface area contributed by atoms with Crippen molar-refractivity contribution in [3.8, 4) is 0 Å². The third kappa shape index (κ3) is 2.42. The molecule has 1 heterocycles. The summed E-state index contributed by atoms with van der Waals surface area (Å²) in [6, 6.07) is 3.91. The molecule has 3 nitrogen and oxygen atoms in total. The molecule has 1 aromatic rings. The van der Waals surface area contributed by atoms with Gasteiger partial charge in [0, 0.05) is 24.9 Å². The average molecular weight is 220 g/mol. The highest BCUT2D eigenvalue weighted by Crippen LogP contribution is 2.33. The number of hydrogen-bond acceptors (Lipinski definition) is 3. The van der Waals surface area contributed by atoms with Crippen LogP contribution in [0.1, 0.15) is 37.2 Å². The molecule has 1 saturated carbocycles. The zero-order chi connectivity index (χ0) is 11.4. The van der Waals surface area contributed by atoms with Gasteiger partial charge in [-0.2, -0.15) is 0 Å². The van der Waals surface area contributed by atoms with Crippen LogP contribution in [0.25, 0.3) is 0 Å². The van der Waals surface area contributed by atoms with Gasteiger partial charge >= 0.3 is 0 Å². The largest absolute Gasteiger partial charge is 0.392 e. The van der Waals surface area contributed by atoms with Crippen molar-refractivity contribution in [2.24, 2.45) is 11.7 Å². The van der Waals surface area contributed by atoms with Gasteiger partial charge in [0.05, 0.1) is 6.10 Å². The van der Waals surface area contributed by atoms with E-state index in [-0.39, 0.29) is 12.0 Å². The van der Waals surface area contributed by atoms with Gasteiger partial charge in [0.25, 0.3) is 0 Å². The number of aliphatic hydroxyl groups excluding tert-OH is 1. The van der Waals surface area contributed by atoms with E-state index in [1.165, 1.54) is 12.8 Å². The fourth-order valence-corrected chi connectivity index (χ4v) is 2.71. The quantitative estimate of drug-likeness (QED) is 0.811. The Balaban J connectivity index is 2.09. The maximum atomic E-state index is 10.4. The minimum atomic E-state index is -0.296. The zero-order valence-corrected chi connectivity index (χ0v) is 9.55. The predicted octanol–water partition coefficient (Wildman–Crippen LogP) is 1.68. The van der Waals surface area contributed by atoms with E-state index in [0.717, 1.165) is 18.4 Å². The van der Waals surface area contributed by atoms with Crippen LogP contribution in [-0.4, -0.2) is 22.7 Å². The van der Waals surface area contributed by atoms with Gasteiger partial charge in [-0.15, -0.1) is 0 Å². The number of rotatable bonds is 4. The summed E-state index contributed by atoms with van der Waals surface area (Å²) >= 11 is 0. The third-order valence-electron chi connectivity index (χ3n) is 3.68. The summed E-state index contributed by atoms with van der Waals surface area (Å²) < 4.78 is 0.